The summed E-state index contributed by atoms with van der Waals surface area (Å²) < 4.78 is 46.1. The number of ether oxygens (including phenoxy) is 1. The number of methoxy groups -OCH3 is 1. The third kappa shape index (κ3) is 4.04. The molecule has 1 N–H and O–H groups in total. The van der Waals surface area contributed by atoms with Gasteiger partial charge in [-0.15, -0.1) is 0 Å². The number of hydrogen-bond donors (Lipinski definition) is 1. The van der Waals surface area contributed by atoms with Crippen LogP contribution in [0.2, 0.25) is 10.0 Å². The second kappa shape index (κ2) is 8.41. The van der Waals surface area contributed by atoms with E-state index in [4.69, 9.17) is 27.9 Å². The monoisotopic (exact) mass is 516 g/mol. The summed E-state index contributed by atoms with van der Waals surface area (Å²) in [7, 11) is -2.68. The number of aromatic nitrogens is 1. The van der Waals surface area contributed by atoms with E-state index in [1.54, 1.807) is 0 Å². The first kappa shape index (κ1) is 23.7. The van der Waals surface area contributed by atoms with Crippen LogP contribution < -0.4 is 4.74 Å². The number of carboxylic acids is 1. The first-order valence-electron chi connectivity index (χ1n) is 9.94. The first-order valence-corrected chi connectivity index (χ1v) is 12.2. The van der Waals surface area contributed by atoms with Crippen molar-refractivity contribution >= 4 is 44.9 Å². The lowest BCUT2D eigenvalue weighted by Gasteiger charge is -2.26. The normalized spacial score (nSPS) is 21.6. The molecule has 176 valence electrons. The van der Waals surface area contributed by atoms with Crippen molar-refractivity contribution in [1.82, 2.24) is 9.88 Å². The van der Waals surface area contributed by atoms with Crippen molar-refractivity contribution in [3.05, 3.63) is 52.0 Å². The highest BCUT2D eigenvalue weighted by atomic mass is 35.5. The molecule has 4 rings (SSSR count). The van der Waals surface area contributed by atoms with E-state index in [2.05, 4.69) is 4.98 Å². The number of carboxylic acid groups (broad SMARTS) is 1. The summed E-state index contributed by atoms with van der Waals surface area (Å²) in [5.41, 5.74) is -1.45. The molecule has 0 spiro atoms. The van der Waals surface area contributed by atoms with Gasteiger partial charge in [0.25, 0.3) is 0 Å². The number of amides is 1. The number of hydrogen-bond acceptors (Lipinski definition) is 6. The SMILES string of the molecule is COc1ccc(S(=O)(=O)[C@@H]2C[C@@H](C(=O)O)N(C(=O)C3(c4ncc(Cl)cc4F)CC3)C2)c(Cl)c1. The highest BCUT2D eigenvalue weighted by Gasteiger charge is 2.59. The minimum absolute atomic E-state index is 0.0617. The summed E-state index contributed by atoms with van der Waals surface area (Å²) >= 11 is 11.9. The molecule has 1 aliphatic carbocycles. The van der Waals surface area contributed by atoms with Gasteiger partial charge in [-0.1, -0.05) is 23.2 Å². The summed E-state index contributed by atoms with van der Waals surface area (Å²) in [6.07, 6.45) is 1.42. The number of likely N-dealkylation sites (tertiary alicyclic amines) is 1. The van der Waals surface area contributed by atoms with E-state index >= 15 is 0 Å². The van der Waals surface area contributed by atoms with Crippen LogP contribution in [-0.2, 0) is 24.8 Å². The third-order valence-electron chi connectivity index (χ3n) is 6.11. The molecule has 8 nitrogen and oxygen atoms in total. The van der Waals surface area contributed by atoms with Gasteiger partial charge in [0.05, 0.1) is 38.4 Å². The number of aliphatic carboxylic acids is 1. The van der Waals surface area contributed by atoms with Gasteiger partial charge in [0.1, 0.15) is 17.6 Å². The standard InChI is InChI=1S/C21H19Cl2FN2O6S/c1-32-12-2-3-17(14(23)7-12)33(30,31)13-8-16(19(27)28)26(10-13)20(29)21(4-5-21)18-15(24)6-11(22)9-25-18/h2-3,6-7,9,13,16H,4-5,8,10H2,1H3,(H,27,28)/t13-,16+/m1/s1. The lowest BCUT2D eigenvalue weighted by atomic mass is 9.98. The molecule has 1 aliphatic heterocycles. The van der Waals surface area contributed by atoms with E-state index < -0.39 is 44.2 Å². The lowest BCUT2D eigenvalue weighted by molar-refractivity contribution is -0.149. The fourth-order valence-corrected chi connectivity index (χ4v) is 6.60. The maximum absolute atomic E-state index is 14.5. The third-order valence-corrected chi connectivity index (χ3v) is 8.93. The molecular formula is C21H19Cl2FN2O6S. The average molecular weight is 517 g/mol. The van der Waals surface area contributed by atoms with Crippen LogP contribution in [0.25, 0.3) is 0 Å². The predicted octanol–water partition coefficient (Wildman–Crippen LogP) is 3.10. The summed E-state index contributed by atoms with van der Waals surface area (Å²) in [5, 5.41) is 8.51. The Labute approximate surface area is 199 Å². The Hall–Kier alpha value is -2.43. The highest BCUT2D eigenvalue weighted by Crippen LogP contribution is 2.51. The van der Waals surface area contributed by atoms with Gasteiger partial charge in [-0.25, -0.2) is 17.6 Å². The van der Waals surface area contributed by atoms with Gasteiger partial charge < -0.3 is 14.7 Å². The molecule has 2 aromatic rings. The minimum Gasteiger partial charge on any atom is -0.497 e. The molecule has 1 amide bonds. The Balaban J connectivity index is 1.66. The number of sulfone groups is 1. The molecule has 0 radical (unpaired) electrons. The smallest absolute Gasteiger partial charge is 0.326 e. The summed E-state index contributed by atoms with van der Waals surface area (Å²) in [5.74, 6) is -2.42. The van der Waals surface area contributed by atoms with Crippen LogP contribution in [0.5, 0.6) is 5.75 Å². The van der Waals surface area contributed by atoms with Gasteiger partial charge in [-0.2, -0.15) is 0 Å². The van der Waals surface area contributed by atoms with Crippen LogP contribution in [0, 0.1) is 5.82 Å². The molecule has 12 heteroatoms. The molecule has 0 bridgehead atoms. The molecule has 0 unspecified atom stereocenters. The van der Waals surface area contributed by atoms with E-state index in [9.17, 15) is 27.5 Å². The Kier molecular flexibility index (Phi) is 6.05. The number of nitrogens with zero attached hydrogens (tertiary/aromatic N) is 2. The quantitative estimate of drug-likeness (QED) is 0.627. The number of rotatable bonds is 6. The van der Waals surface area contributed by atoms with Crippen molar-refractivity contribution in [1.29, 1.82) is 0 Å². The maximum atomic E-state index is 14.5. The van der Waals surface area contributed by atoms with Crippen molar-refractivity contribution < 1.29 is 32.2 Å². The van der Waals surface area contributed by atoms with Crippen molar-refractivity contribution in [2.45, 2.75) is 40.9 Å². The molecule has 2 atom stereocenters. The Morgan fingerprint density at radius 1 is 1.27 bits per heavy atom. The molecule has 2 aliphatic rings. The molecular weight excluding hydrogens is 498 g/mol. The van der Waals surface area contributed by atoms with Crippen LogP contribution in [0.15, 0.2) is 35.4 Å². The van der Waals surface area contributed by atoms with Crippen LogP contribution in [-0.4, -0.2) is 60.2 Å². The van der Waals surface area contributed by atoms with Gasteiger partial charge >= 0.3 is 5.97 Å². The number of halogens is 3. The zero-order valence-corrected chi connectivity index (χ0v) is 19.6. The molecule has 2 fully saturated rings. The Morgan fingerprint density at radius 2 is 1.97 bits per heavy atom. The second-order valence-corrected chi connectivity index (χ2v) is 11.1. The molecule has 1 saturated carbocycles. The van der Waals surface area contributed by atoms with Crippen LogP contribution >= 0.6 is 23.2 Å². The van der Waals surface area contributed by atoms with Gasteiger partial charge in [-0.3, -0.25) is 9.78 Å². The molecule has 33 heavy (non-hydrogen) atoms. The fraction of sp³-hybridized carbons (Fsp3) is 0.381. The summed E-state index contributed by atoms with van der Waals surface area (Å²) in [6, 6.07) is 3.71. The molecule has 2 heterocycles. The van der Waals surface area contributed by atoms with Gasteiger partial charge in [0.2, 0.25) is 5.91 Å². The average Bonchev–Trinajstić information content (AvgIpc) is 3.42. The van der Waals surface area contributed by atoms with Crippen molar-refractivity contribution in [3.8, 4) is 5.75 Å². The van der Waals surface area contributed by atoms with Gasteiger partial charge in [-0.05, 0) is 37.5 Å². The molecule has 1 saturated heterocycles. The van der Waals surface area contributed by atoms with E-state index in [0.29, 0.717) is 5.75 Å². The number of pyridine rings is 1. The fourth-order valence-electron chi connectivity index (χ4n) is 4.22. The lowest BCUT2D eigenvalue weighted by Crippen LogP contribution is -2.46. The number of carbonyl (C=O) groups excluding carboxylic acids is 1. The topological polar surface area (TPSA) is 114 Å². The first-order chi connectivity index (χ1) is 15.5. The zero-order valence-electron chi connectivity index (χ0n) is 17.3. The summed E-state index contributed by atoms with van der Waals surface area (Å²) in [6.45, 7) is -0.364. The zero-order chi connectivity index (χ0) is 24.1. The maximum Gasteiger partial charge on any atom is 0.326 e. The second-order valence-electron chi connectivity index (χ2n) is 8.08. The van der Waals surface area contributed by atoms with Crippen molar-refractivity contribution in [2.24, 2.45) is 0 Å². The van der Waals surface area contributed by atoms with Gasteiger partial charge in [0.15, 0.2) is 9.84 Å². The van der Waals surface area contributed by atoms with Crippen molar-refractivity contribution in [3.63, 3.8) is 0 Å². The molecule has 1 aromatic heterocycles. The van der Waals surface area contributed by atoms with E-state index in [1.165, 1.54) is 31.5 Å². The van der Waals surface area contributed by atoms with Crippen LogP contribution in [0.4, 0.5) is 4.39 Å². The van der Waals surface area contributed by atoms with Crippen LogP contribution in [0.1, 0.15) is 25.0 Å². The summed E-state index contributed by atoms with van der Waals surface area (Å²) in [4.78, 5) is 30.2. The van der Waals surface area contributed by atoms with E-state index in [0.717, 1.165) is 11.0 Å². The predicted molar refractivity (Wildman–Crippen MR) is 117 cm³/mol. The number of benzene rings is 1. The van der Waals surface area contributed by atoms with E-state index in [1.807, 2.05) is 0 Å². The largest absolute Gasteiger partial charge is 0.497 e. The van der Waals surface area contributed by atoms with Gasteiger partial charge in [0, 0.05) is 18.8 Å². The molecule has 1 aromatic carbocycles. The Bertz CT molecular complexity index is 1250. The highest BCUT2D eigenvalue weighted by molar-refractivity contribution is 7.92. The number of carbonyl (C=O) groups is 2. The Morgan fingerprint density at radius 3 is 2.52 bits per heavy atom. The van der Waals surface area contributed by atoms with Crippen LogP contribution in [0.3, 0.4) is 0 Å². The van der Waals surface area contributed by atoms with E-state index in [-0.39, 0.29) is 46.4 Å². The minimum atomic E-state index is -4.08. The van der Waals surface area contributed by atoms with Crippen molar-refractivity contribution in [2.75, 3.05) is 13.7 Å².